The van der Waals surface area contributed by atoms with Gasteiger partial charge in [0.25, 0.3) is 0 Å². The minimum Gasteiger partial charge on any atom is -0.455 e. The van der Waals surface area contributed by atoms with E-state index in [9.17, 15) is 14.4 Å². The summed E-state index contributed by atoms with van der Waals surface area (Å²) in [5.74, 6) is -1.56. The van der Waals surface area contributed by atoms with E-state index in [1.165, 1.54) is 6.42 Å². The Bertz CT molecular complexity index is 2110. The number of hydrogen-bond donors (Lipinski definition) is 0. The van der Waals surface area contributed by atoms with Crippen LogP contribution in [0, 0.1) is 23.7 Å². The fourth-order valence-corrected chi connectivity index (χ4v) is 6.78. The van der Waals surface area contributed by atoms with Crippen LogP contribution in [-0.2, 0) is 28.6 Å². The lowest BCUT2D eigenvalue weighted by molar-refractivity contribution is -0.157. The van der Waals surface area contributed by atoms with Crippen LogP contribution in [0.4, 0.5) is 0 Å². The third-order valence-corrected chi connectivity index (χ3v) is 10.1. The maximum absolute atomic E-state index is 13.1. The molecule has 1 aliphatic rings. The lowest BCUT2D eigenvalue weighted by atomic mass is 9.83. The molecular weight excluding hydrogens is 717 g/mol. The van der Waals surface area contributed by atoms with Crippen molar-refractivity contribution < 1.29 is 28.6 Å². The monoisotopic (exact) mass is 768 g/mol. The Morgan fingerprint density at radius 1 is 0.526 bits per heavy atom. The number of rotatable bonds is 14. The summed E-state index contributed by atoms with van der Waals surface area (Å²) in [7, 11) is 0. The largest absolute Gasteiger partial charge is 0.455 e. The highest BCUT2D eigenvalue weighted by Crippen LogP contribution is 2.38. The Kier molecular flexibility index (Phi) is 13.6. The number of benzene rings is 1. The van der Waals surface area contributed by atoms with Gasteiger partial charge in [-0.1, -0.05) is 109 Å². The van der Waals surface area contributed by atoms with E-state index >= 15 is 0 Å². The van der Waals surface area contributed by atoms with Crippen molar-refractivity contribution in [2.24, 2.45) is 23.7 Å². The van der Waals surface area contributed by atoms with E-state index in [1.807, 2.05) is 92.8 Å². The van der Waals surface area contributed by atoms with Crippen LogP contribution in [0.15, 0.2) is 103 Å². The van der Waals surface area contributed by atoms with Crippen molar-refractivity contribution >= 4 is 17.9 Å². The van der Waals surface area contributed by atoms with Crippen LogP contribution < -0.4 is 0 Å². The van der Waals surface area contributed by atoms with Crippen LogP contribution in [0.3, 0.4) is 0 Å². The summed E-state index contributed by atoms with van der Waals surface area (Å²) >= 11 is 0. The second-order valence-corrected chi connectivity index (χ2v) is 15.6. The molecule has 10 heteroatoms. The third-order valence-electron chi connectivity index (χ3n) is 10.1. The quantitative estimate of drug-likeness (QED) is 0.0795. The summed E-state index contributed by atoms with van der Waals surface area (Å²) in [6.45, 7) is 10.9. The van der Waals surface area contributed by atoms with E-state index in [2.05, 4.69) is 4.98 Å². The van der Waals surface area contributed by atoms with Gasteiger partial charge in [0.1, 0.15) is 6.10 Å². The Hall–Kier alpha value is -5.77. The van der Waals surface area contributed by atoms with Crippen molar-refractivity contribution in [2.75, 3.05) is 0 Å². The summed E-state index contributed by atoms with van der Waals surface area (Å²) in [5, 5.41) is 0. The Labute approximate surface area is 335 Å². The van der Waals surface area contributed by atoms with Gasteiger partial charge in [0.05, 0.1) is 51.9 Å². The fraction of sp³-hybridized carbons (Fsp3) is 0.383. The van der Waals surface area contributed by atoms with Gasteiger partial charge in [-0.05, 0) is 66.4 Å². The molecule has 0 spiro atoms. The number of ether oxygens (including phenoxy) is 3. The van der Waals surface area contributed by atoms with Crippen LogP contribution >= 0.6 is 0 Å². The standard InChI is InChI=1S/C47H52N4O6/c1-29(2)45(52)55-42(33-14-8-7-9-15-33)39-26-25-35(28-49-39)32-21-23-34(24-22-32)43(56-46(53)30(3)4)40-19-12-17-36(50-40)37-18-13-20-41(51-37)44(57-47(54)31(5)6)38-16-10-11-27-48-38/h10-13,16-31,33,42-44H,7-9,14-15H2,1-6H3. The average Bonchev–Trinajstić information content (AvgIpc) is 3.24. The normalized spacial score (nSPS) is 14.9. The predicted molar refractivity (Wildman–Crippen MR) is 217 cm³/mol. The van der Waals surface area contributed by atoms with Crippen molar-refractivity contribution in [3.8, 4) is 22.5 Å². The molecule has 1 fully saturated rings. The van der Waals surface area contributed by atoms with E-state index in [0.717, 1.165) is 48.1 Å². The highest BCUT2D eigenvalue weighted by molar-refractivity contribution is 5.73. The summed E-state index contributed by atoms with van der Waals surface area (Å²) < 4.78 is 18.0. The van der Waals surface area contributed by atoms with Crippen molar-refractivity contribution in [3.63, 3.8) is 0 Å². The Morgan fingerprint density at radius 3 is 1.61 bits per heavy atom. The molecule has 1 saturated carbocycles. The number of pyridine rings is 4. The predicted octanol–water partition coefficient (Wildman–Crippen LogP) is 10.00. The molecule has 4 aromatic heterocycles. The molecule has 0 radical (unpaired) electrons. The highest BCUT2D eigenvalue weighted by atomic mass is 16.6. The summed E-state index contributed by atoms with van der Waals surface area (Å²) in [5.41, 5.74) is 6.08. The van der Waals surface area contributed by atoms with Gasteiger partial charge in [0.15, 0.2) is 12.2 Å². The minimum absolute atomic E-state index is 0.205. The van der Waals surface area contributed by atoms with Crippen LogP contribution in [0.25, 0.3) is 22.5 Å². The Morgan fingerprint density at radius 2 is 1.07 bits per heavy atom. The summed E-state index contributed by atoms with van der Waals surface area (Å²) in [6.07, 6.45) is 7.02. The van der Waals surface area contributed by atoms with E-state index < -0.39 is 12.2 Å². The topological polar surface area (TPSA) is 130 Å². The van der Waals surface area contributed by atoms with Gasteiger partial charge < -0.3 is 14.2 Å². The van der Waals surface area contributed by atoms with Gasteiger partial charge in [-0.3, -0.25) is 24.4 Å². The Balaban J connectivity index is 1.27. The molecule has 0 amide bonds. The first kappa shape index (κ1) is 40.9. The second kappa shape index (κ2) is 18.9. The number of carbonyl (C=O) groups is 3. The van der Waals surface area contributed by atoms with E-state index in [4.69, 9.17) is 29.2 Å². The van der Waals surface area contributed by atoms with Gasteiger partial charge in [-0.15, -0.1) is 0 Å². The lowest BCUT2D eigenvalue weighted by Crippen LogP contribution is -2.24. The maximum Gasteiger partial charge on any atom is 0.309 e. The van der Waals surface area contributed by atoms with Gasteiger partial charge in [0, 0.05) is 23.9 Å². The van der Waals surface area contributed by atoms with Crippen LogP contribution in [0.1, 0.15) is 120 Å². The molecule has 3 atom stereocenters. The molecule has 0 saturated heterocycles. The molecule has 0 N–H and O–H groups in total. The van der Waals surface area contributed by atoms with Crippen molar-refractivity contribution in [2.45, 2.75) is 92.0 Å². The van der Waals surface area contributed by atoms with Crippen molar-refractivity contribution in [1.82, 2.24) is 19.9 Å². The molecule has 57 heavy (non-hydrogen) atoms. The van der Waals surface area contributed by atoms with Crippen molar-refractivity contribution in [3.05, 3.63) is 132 Å². The van der Waals surface area contributed by atoms with Gasteiger partial charge in [-0.25, -0.2) is 9.97 Å². The molecule has 296 valence electrons. The first-order valence-electron chi connectivity index (χ1n) is 20.0. The zero-order valence-electron chi connectivity index (χ0n) is 33.6. The number of carbonyl (C=O) groups excluding carboxylic acids is 3. The SMILES string of the molecule is CC(C)C(=O)OC(c1ccc(-c2ccc(C(OC(=O)C(C)C)C3CCCCC3)nc2)cc1)c1cccc(-c2cccc(C(OC(=O)C(C)C)c3ccccn3)n2)n1. The lowest BCUT2D eigenvalue weighted by Gasteiger charge is -2.30. The first-order valence-corrected chi connectivity index (χ1v) is 20.0. The second-order valence-electron chi connectivity index (χ2n) is 15.6. The molecule has 4 heterocycles. The first-order chi connectivity index (χ1) is 27.5. The number of aromatic nitrogens is 4. The molecule has 10 nitrogen and oxygen atoms in total. The third kappa shape index (κ3) is 10.4. The maximum atomic E-state index is 13.1. The molecular formula is C47H52N4O6. The molecule has 0 bridgehead atoms. The van der Waals surface area contributed by atoms with Gasteiger partial charge >= 0.3 is 17.9 Å². The van der Waals surface area contributed by atoms with E-state index in [1.54, 1.807) is 52.1 Å². The fourth-order valence-electron chi connectivity index (χ4n) is 6.78. The van der Waals surface area contributed by atoms with Crippen molar-refractivity contribution in [1.29, 1.82) is 0 Å². The van der Waals surface area contributed by atoms with E-state index in [0.29, 0.717) is 28.5 Å². The van der Waals surface area contributed by atoms with Crippen LogP contribution in [-0.4, -0.2) is 37.8 Å². The average molecular weight is 769 g/mol. The number of esters is 3. The minimum atomic E-state index is -0.811. The van der Waals surface area contributed by atoms with Gasteiger partial charge in [0.2, 0.25) is 0 Å². The van der Waals surface area contributed by atoms with Gasteiger partial charge in [-0.2, -0.15) is 0 Å². The molecule has 1 aliphatic carbocycles. The molecule has 6 rings (SSSR count). The molecule has 5 aromatic rings. The zero-order chi connectivity index (χ0) is 40.5. The summed E-state index contributed by atoms with van der Waals surface area (Å²) in [6, 6.07) is 28.3. The molecule has 1 aromatic carbocycles. The highest BCUT2D eigenvalue weighted by Gasteiger charge is 2.31. The number of nitrogens with zero attached hydrogens (tertiary/aromatic N) is 4. The van der Waals surface area contributed by atoms with Crippen LogP contribution in [0.2, 0.25) is 0 Å². The molecule has 3 unspecified atom stereocenters. The van der Waals surface area contributed by atoms with Crippen LogP contribution in [0.5, 0.6) is 0 Å². The molecule has 0 aliphatic heterocycles. The van der Waals surface area contributed by atoms with E-state index in [-0.39, 0.29) is 47.7 Å². The number of hydrogen-bond acceptors (Lipinski definition) is 10. The smallest absolute Gasteiger partial charge is 0.309 e. The summed E-state index contributed by atoms with van der Waals surface area (Å²) in [4.78, 5) is 57.6. The zero-order valence-corrected chi connectivity index (χ0v) is 33.6.